The van der Waals surface area contributed by atoms with Crippen molar-refractivity contribution in [2.75, 3.05) is 13.1 Å². The van der Waals surface area contributed by atoms with Crippen molar-refractivity contribution in [3.05, 3.63) is 0 Å². The van der Waals surface area contributed by atoms with E-state index in [4.69, 9.17) is 10.8 Å². The van der Waals surface area contributed by atoms with Gasteiger partial charge in [-0.15, -0.1) is 0 Å². The number of carbonyl (C=O) groups is 1. The number of aliphatic carboxylic acids is 1. The van der Waals surface area contributed by atoms with E-state index in [1.54, 1.807) is 6.92 Å². The van der Waals surface area contributed by atoms with E-state index in [0.717, 1.165) is 19.5 Å². The van der Waals surface area contributed by atoms with Crippen LogP contribution in [0.3, 0.4) is 0 Å². The fourth-order valence-electron chi connectivity index (χ4n) is 2.64. The van der Waals surface area contributed by atoms with Gasteiger partial charge in [-0.2, -0.15) is 0 Å². The van der Waals surface area contributed by atoms with Crippen LogP contribution in [0.5, 0.6) is 0 Å². The Bertz CT molecular complexity index is 264. The van der Waals surface area contributed by atoms with Gasteiger partial charge in [0.15, 0.2) is 0 Å². The molecule has 0 aromatic carbocycles. The minimum Gasteiger partial charge on any atom is -0.480 e. The number of nitrogens with two attached hydrogens (primary N) is 1. The summed E-state index contributed by atoms with van der Waals surface area (Å²) in [4.78, 5) is 13.4. The summed E-state index contributed by atoms with van der Waals surface area (Å²) >= 11 is 0. The van der Waals surface area contributed by atoms with Crippen LogP contribution in [0.25, 0.3) is 0 Å². The Morgan fingerprint density at radius 3 is 2.76 bits per heavy atom. The average molecular weight is 242 g/mol. The molecular formula is C13H26N2O2. The smallest absolute Gasteiger partial charge is 0.323 e. The molecule has 1 aliphatic heterocycles. The Morgan fingerprint density at radius 1 is 1.59 bits per heavy atom. The van der Waals surface area contributed by atoms with E-state index in [0.29, 0.717) is 18.4 Å². The van der Waals surface area contributed by atoms with Crippen molar-refractivity contribution < 1.29 is 9.90 Å². The Morgan fingerprint density at radius 2 is 2.24 bits per heavy atom. The standard InChI is InChI=1S/C13H26N2O2/c1-10(2)11-6-4-8-15(11)9-5-7-13(3,14)12(16)17/h10-11H,4-9,14H2,1-3H3,(H,16,17). The highest BCUT2D eigenvalue weighted by Gasteiger charge is 2.30. The summed E-state index contributed by atoms with van der Waals surface area (Å²) < 4.78 is 0. The maximum Gasteiger partial charge on any atom is 0.323 e. The van der Waals surface area contributed by atoms with E-state index in [2.05, 4.69) is 18.7 Å². The van der Waals surface area contributed by atoms with Gasteiger partial charge in [-0.3, -0.25) is 4.79 Å². The highest BCUT2D eigenvalue weighted by Crippen LogP contribution is 2.24. The lowest BCUT2D eigenvalue weighted by Crippen LogP contribution is -2.45. The molecule has 0 spiro atoms. The molecular weight excluding hydrogens is 216 g/mol. The molecule has 0 bridgehead atoms. The maximum absolute atomic E-state index is 10.9. The van der Waals surface area contributed by atoms with Gasteiger partial charge in [0.05, 0.1) is 0 Å². The van der Waals surface area contributed by atoms with Crippen molar-refractivity contribution >= 4 is 5.97 Å². The maximum atomic E-state index is 10.9. The summed E-state index contributed by atoms with van der Waals surface area (Å²) in [7, 11) is 0. The lowest BCUT2D eigenvalue weighted by molar-refractivity contribution is -0.142. The molecule has 0 amide bonds. The summed E-state index contributed by atoms with van der Waals surface area (Å²) in [5.74, 6) is -0.222. The van der Waals surface area contributed by atoms with Crippen molar-refractivity contribution in [3.63, 3.8) is 0 Å². The van der Waals surface area contributed by atoms with Crippen molar-refractivity contribution in [3.8, 4) is 0 Å². The van der Waals surface area contributed by atoms with Crippen LogP contribution in [-0.2, 0) is 4.79 Å². The second-order valence-electron chi connectivity index (χ2n) is 5.82. The Labute approximate surface area is 104 Å². The van der Waals surface area contributed by atoms with Crippen molar-refractivity contribution in [2.45, 2.75) is 58.0 Å². The predicted molar refractivity (Wildman–Crippen MR) is 68.9 cm³/mol. The minimum atomic E-state index is -1.08. The summed E-state index contributed by atoms with van der Waals surface area (Å²) in [5.41, 5.74) is 4.64. The number of hydrogen-bond acceptors (Lipinski definition) is 3. The summed E-state index contributed by atoms with van der Waals surface area (Å²) in [5, 5.41) is 8.93. The fourth-order valence-corrected chi connectivity index (χ4v) is 2.64. The highest BCUT2D eigenvalue weighted by atomic mass is 16.4. The van der Waals surface area contributed by atoms with Crippen LogP contribution in [-0.4, -0.2) is 40.6 Å². The molecule has 3 N–H and O–H groups in total. The zero-order valence-corrected chi connectivity index (χ0v) is 11.3. The molecule has 1 heterocycles. The largest absolute Gasteiger partial charge is 0.480 e. The number of likely N-dealkylation sites (tertiary alicyclic amines) is 1. The molecule has 2 unspecified atom stereocenters. The SMILES string of the molecule is CC(C)C1CCCN1CCCC(C)(N)C(=O)O. The van der Waals surface area contributed by atoms with Crippen molar-refractivity contribution in [1.29, 1.82) is 0 Å². The molecule has 1 rings (SSSR count). The second-order valence-corrected chi connectivity index (χ2v) is 5.82. The normalized spacial score (nSPS) is 25.1. The third-order valence-electron chi connectivity index (χ3n) is 3.81. The fraction of sp³-hybridized carbons (Fsp3) is 0.923. The molecule has 0 radical (unpaired) electrons. The van der Waals surface area contributed by atoms with E-state index in [-0.39, 0.29) is 0 Å². The summed E-state index contributed by atoms with van der Waals surface area (Å²) in [6, 6.07) is 0.670. The Hall–Kier alpha value is -0.610. The van der Waals surface area contributed by atoms with Gasteiger partial charge < -0.3 is 15.7 Å². The predicted octanol–water partition coefficient (Wildman–Crippen LogP) is 1.69. The van der Waals surface area contributed by atoms with E-state index in [9.17, 15) is 4.79 Å². The topological polar surface area (TPSA) is 66.6 Å². The summed E-state index contributed by atoms with van der Waals surface area (Å²) in [6.07, 6.45) is 3.95. The second kappa shape index (κ2) is 5.83. The molecule has 4 heteroatoms. The number of carboxylic acids is 1. The van der Waals surface area contributed by atoms with Crippen LogP contribution < -0.4 is 5.73 Å². The number of rotatable bonds is 6. The average Bonchev–Trinajstić information content (AvgIpc) is 2.65. The van der Waals surface area contributed by atoms with Crippen molar-refractivity contribution in [1.82, 2.24) is 4.90 Å². The van der Waals surface area contributed by atoms with E-state index >= 15 is 0 Å². The van der Waals surface area contributed by atoms with Gasteiger partial charge in [0, 0.05) is 6.04 Å². The zero-order chi connectivity index (χ0) is 13.1. The van der Waals surface area contributed by atoms with Gasteiger partial charge >= 0.3 is 5.97 Å². The van der Waals surface area contributed by atoms with Crippen LogP contribution in [0.2, 0.25) is 0 Å². The van der Waals surface area contributed by atoms with Gasteiger partial charge in [0.25, 0.3) is 0 Å². The molecule has 4 nitrogen and oxygen atoms in total. The first-order valence-electron chi connectivity index (χ1n) is 6.61. The Balaban J connectivity index is 2.34. The van der Waals surface area contributed by atoms with Crippen molar-refractivity contribution in [2.24, 2.45) is 11.7 Å². The van der Waals surface area contributed by atoms with Crippen LogP contribution >= 0.6 is 0 Å². The molecule has 0 aromatic heterocycles. The van der Waals surface area contributed by atoms with E-state index in [1.165, 1.54) is 12.8 Å². The first kappa shape index (κ1) is 14.5. The number of nitrogens with zero attached hydrogens (tertiary/aromatic N) is 1. The van der Waals surface area contributed by atoms with Gasteiger partial charge in [-0.05, 0) is 51.6 Å². The third kappa shape index (κ3) is 3.96. The van der Waals surface area contributed by atoms with Crippen LogP contribution in [0.15, 0.2) is 0 Å². The number of carboxylic acid groups (broad SMARTS) is 1. The number of hydrogen-bond donors (Lipinski definition) is 2. The quantitative estimate of drug-likeness (QED) is 0.744. The zero-order valence-electron chi connectivity index (χ0n) is 11.3. The first-order chi connectivity index (χ1) is 7.84. The Kier molecular flexibility index (Phi) is 4.95. The van der Waals surface area contributed by atoms with Crippen LogP contribution in [0, 0.1) is 5.92 Å². The molecule has 1 aliphatic rings. The molecule has 2 atom stereocenters. The minimum absolute atomic E-state index is 0.545. The third-order valence-corrected chi connectivity index (χ3v) is 3.81. The molecule has 0 aliphatic carbocycles. The molecule has 17 heavy (non-hydrogen) atoms. The monoisotopic (exact) mass is 242 g/mol. The molecule has 100 valence electrons. The van der Waals surface area contributed by atoms with Crippen LogP contribution in [0.1, 0.15) is 46.5 Å². The molecule has 0 aromatic rings. The lowest BCUT2D eigenvalue weighted by Gasteiger charge is -2.28. The van der Waals surface area contributed by atoms with Gasteiger partial charge in [-0.1, -0.05) is 13.8 Å². The van der Waals surface area contributed by atoms with Gasteiger partial charge in [-0.25, -0.2) is 0 Å². The van der Waals surface area contributed by atoms with E-state index < -0.39 is 11.5 Å². The van der Waals surface area contributed by atoms with E-state index in [1.807, 2.05) is 0 Å². The molecule has 1 fully saturated rings. The van der Waals surface area contributed by atoms with Crippen LogP contribution in [0.4, 0.5) is 0 Å². The molecule has 0 saturated carbocycles. The lowest BCUT2D eigenvalue weighted by atomic mass is 9.96. The highest BCUT2D eigenvalue weighted by molar-refractivity contribution is 5.77. The summed E-state index contributed by atoms with van der Waals surface area (Å²) in [6.45, 7) is 8.24. The first-order valence-corrected chi connectivity index (χ1v) is 6.61. The van der Waals surface area contributed by atoms with Gasteiger partial charge in [0.1, 0.15) is 5.54 Å². The molecule has 1 saturated heterocycles. The van der Waals surface area contributed by atoms with Gasteiger partial charge in [0.2, 0.25) is 0 Å².